The van der Waals surface area contributed by atoms with E-state index in [9.17, 15) is 14.0 Å². The third-order valence-electron chi connectivity index (χ3n) is 5.75. The number of esters is 1. The highest BCUT2D eigenvalue weighted by atomic mass is 19.1. The molecule has 3 aliphatic rings. The van der Waals surface area contributed by atoms with Crippen molar-refractivity contribution in [1.82, 2.24) is 0 Å². The van der Waals surface area contributed by atoms with Gasteiger partial charge in [-0.05, 0) is 50.3 Å². The Balaban J connectivity index is 1.67. The predicted octanol–water partition coefficient (Wildman–Crippen LogP) is 3.73. The van der Waals surface area contributed by atoms with Gasteiger partial charge in [-0.15, -0.1) is 0 Å². The van der Waals surface area contributed by atoms with E-state index in [0.29, 0.717) is 30.7 Å². The molecule has 3 atom stereocenters. The van der Waals surface area contributed by atoms with Gasteiger partial charge in [0.05, 0.1) is 6.10 Å². The van der Waals surface area contributed by atoms with Gasteiger partial charge in [-0.25, -0.2) is 4.39 Å². The molecule has 4 rings (SSSR count). The first-order valence-electron chi connectivity index (χ1n) is 9.89. The zero-order chi connectivity index (χ0) is 19.7. The normalized spacial score (nSPS) is 27.4. The second kappa shape index (κ2) is 7.95. The molecule has 2 aliphatic heterocycles. The van der Waals surface area contributed by atoms with Gasteiger partial charge in [-0.3, -0.25) is 14.6 Å². The standard InChI is InChI=1S/C22H24FNO4/c1-13-19(22(26)28-12-16-4-3-11-27-16)20(14-7-9-15(23)10-8-14)21-17(24-13)5-2-6-18(21)25/h7-10,16,19-20H,2-6,11-12H2,1H3/t16-,19?,20-/m1/s1. The van der Waals surface area contributed by atoms with Gasteiger partial charge in [0.2, 0.25) is 0 Å². The molecule has 1 fully saturated rings. The van der Waals surface area contributed by atoms with Crippen molar-refractivity contribution in [3.63, 3.8) is 0 Å². The van der Waals surface area contributed by atoms with Crippen molar-refractivity contribution in [2.75, 3.05) is 13.2 Å². The van der Waals surface area contributed by atoms with Gasteiger partial charge < -0.3 is 9.47 Å². The number of hydrogen-bond donors (Lipinski definition) is 0. The Morgan fingerprint density at radius 2 is 2.04 bits per heavy atom. The maximum absolute atomic E-state index is 13.5. The number of Topliss-reactive ketones (excluding diaryl/α,β-unsaturated/α-hetero) is 1. The van der Waals surface area contributed by atoms with Gasteiger partial charge in [0.25, 0.3) is 0 Å². The van der Waals surface area contributed by atoms with E-state index in [2.05, 4.69) is 4.99 Å². The SMILES string of the molecule is CC1=NC2=C(C(=O)CCC2)[C@H](c2ccc(F)cc2)C1C(=O)OC[C@H]1CCCO1. The monoisotopic (exact) mass is 385 g/mol. The van der Waals surface area contributed by atoms with E-state index in [0.717, 1.165) is 30.5 Å². The number of benzene rings is 1. The smallest absolute Gasteiger partial charge is 0.315 e. The van der Waals surface area contributed by atoms with Crippen LogP contribution in [-0.2, 0) is 19.1 Å². The lowest BCUT2D eigenvalue weighted by molar-refractivity contribution is -0.149. The van der Waals surface area contributed by atoms with Crippen LogP contribution in [0.3, 0.4) is 0 Å². The molecule has 148 valence electrons. The van der Waals surface area contributed by atoms with Crippen molar-refractivity contribution in [2.45, 2.75) is 51.0 Å². The number of ketones is 1. The predicted molar refractivity (Wildman–Crippen MR) is 102 cm³/mol. The molecule has 0 aromatic heterocycles. The first kappa shape index (κ1) is 19.0. The summed E-state index contributed by atoms with van der Waals surface area (Å²) in [4.78, 5) is 30.4. The summed E-state index contributed by atoms with van der Waals surface area (Å²) in [7, 11) is 0. The number of aliphatic imine (C=N–C) groups is 1. The van der Waals surface area contributed by atoms with Crippen molar-refractivity contribution in [1.29, 1.82) is 0 Å². The van der Waals surface area contributed by atoms with Gasteiger partial charge >= 0.3 is 5.97 Å². The Labute approximate surface area is 163 Å². The van der Waals surface area contributed by atoms with Crippen LogP contribution in [0, 0.1) is 11.7 Å². The minimum Gasteiger partial charge on any atom is -0.462 e. The summed E-state index contributed by atoms with van der Waals surface area (Å²) in [5.74, 6) is -1.92. The van der Waals surface area contributed by atoms with Crippen LogP contribution in [-0.4, -0.2) is 36.8 Å². The van der Waals surface area contributed by atoms with Gasteiger partial charge in [-0.2, -0.15) is 0 Å². The average Bonchev–Trinajstić information content (AvgIpc) is 3.19. The van der Waals surface area contributed by atoms with Crippen molar-refractivity contribution in [3.8, 4) is 0 Å². The van der Waals surface area contributed by atoms with E-state index >= 15 is 0 Å². The van der Waals surface area contributed by atoms with Crippen LogP contribution in [0.2, 0.25) is 0 Å². The zero-order valence-electron chi connectivity index (χ0n) is 15.9. The zero-order valence-corrected chi connectivity index (χ0v) is 15.9. The molecule has 0 amide bonds. The summed E-state index contributed by atoms with van der Waals surface area (Å²) in [5, 5.41) is 0. The number of nitrogens with zero attached hydrogens (tertiary/aromatic N) is 1. The molecular weight excluding hydrogens is 361 g/mol. The summed E-state index contributed by atoms with van der Waals surface area (Å²) < 4.78 is 24.6. The molecule has 0 N–H and O–H groups in total. The lowest BCUT2D eigenvalue weighted by Gasteiger charge is -2.34. The van der Waals surface area contributed by atoms with E-state index < -0.39 is 17.8 Å². The maximum atomic E-state index is 13.5. The van der Waals surface area contributed by atoms with Crippen molar-refractivity contribution in [3.05, 3.63) is 46.9 Å². The molecule has 0 bridgehead atoms. The summed E-state index contributed by atoms with van der Waals surface area (Å²) >= 11 is 0. The number of carbonyl (C=O) groups is 2. The Morgan fingerprint density at radius 3 is 2.75 bits per heavy atom. The van der Waals surface area contributed by atoms with Gasteiger partial charge in [-0.1, -0.05) is 12.1 Å². The number of ether oxygens (including phenoxy) is 2. The summed E-state index contributed by atoms with van der Waals surface area (Å²) in [6.45, 7) is 2.70. The Kier molecular flexibility index (Phi) is 5.40. The van der Waals surface area contributed by atoms with Crippen molar-refractivity contribution >= 4 is 17.5 Å². The van der Waals surface area contributed by atoms with E-state index in [1.54, 1.807) is 19.1 Å². The fraction of sp³-hybridized carbons (Fsp3) is 0.500. The fourth-order valence-corrected chi connectivity index (χ4v) is 4.38. The molecule has 28 heavy (non-hydrogen) atoms. The molecule has 6 heteroatoms. The fourth-order valence-electron chi connectivity index (χ4n) is 4.38. The van der Waals surface area contributed by atoms with Gasteiger partial charge in [0, 0.05) is 35.9 Å². The molecule has 5 nitrogen and oxygen atoms in total. The molecule has 1 saturated heterocycles. The van der Waals surface area contributed by atoms with E-state index in [4.69, 9.17) is 9.47 Å². The maximum Gasteiger partial charge on any atom is 0.315 e. The highest BCUT2D eigenvalue weighted by Gasteiger charge is 2.43. The van der Waals surface area contributed by atoms with Crippen LogP contribution in [0.4, 0.5) is 4.39 Å². The Morgan fingerprint density at radius 1 is 1.25 bits per heavy atom. The summed E-state index contributed by atoms with van der Waals surface area (Å²) in [6.07, 6.45) is 3.70. The minimum absolute atomic E-state index is 0.0174. The first-order chi connectivity index (χ1) is 13.5. The third-order valence-corrected chi connectivity index (χ3v) is 5.75. The van der Waals surface area contributed by atoms with Crippen LogP contribution in [0.5, 0.6) is 0 Å². The van der Waals surface area contributed by atoms with E-state index in [1.165, 1.54) is 12.1 Å². The highest BCUT2D eigenvalue weighted by Crippen LogP contribution is 2.43. The Bertz CT molecular complexity index is 837. The molecule has 1 unspecified atom stereocenters. The molecule has 2 heterocycles. The molecule has 0 saturated carbocycles. The second-order valence-electron chi connectivity index (χ2n) is 7.66. The minimum atomic E-state index is -0.687. The third kappa shape index (κ3) is 3.65. The molecule has 1 aromatic carbocycles. The van der Waals surface area contributed by atoms with E-state index in [1.807, 2.05) is 0 Å². The topological polar surface area (TPSA) is 65.0 Å². The molecule has 0 spiro atoms. The number of allylic oxidation sites excluding steroid dienone is 2. The summed E-state index contributed by atoms with van der Waals surface area (Å²) in [6, 6.07) is 6.01. The molecule has 0 radical (unpaired) electrons. The number of hydrogen-bond acceptors (Lipinski definition) is 5. The first-order valence-corrected chi connectivity index (χ1v) is 9.89. The lowest BCUT2D eigenvalue weighted by atomic mass is 9.72. The lowest BCUT2D eigenvalue weighted by Crippen LogP contribution is -2.38. The number of halogens is 1. The molecule has 1 aliphatic carbocycles. The number of rotatable bonds is 4. The van der Waals surface area contributed by atoms with Crippen LogP contribution < -0.4 is 0 Å². The van der Waals surface area contributed by atoms with Crippen molar-refractivity contribution in [2.24, 2.45) is 10.9 Å². The van der Waals surface area contributed by atoms with Gasteiger partial charge in [0.1, 0.15) is 18.3 Å². The van der Waals surface area contributed by atoms with Crippen molar-refractivity contribution < 1.29 is 23.5 Å². The molecule has 1 aromatic rings. The number of carbonyl (C=O) groups excluding carboxylic acids is 2. The quantitative estimate of drug-likeness (QED) is 0.741. The highest BCUT2D eigenvalue weighted by molar-refractivity contribution is 6.08. The van der Waals surface area contributed by atoms with Crippen LogP contribution >= 0.6 is 0 Å². The average molecular weight is 385 g/mol. The molecular formula is C22H24FNO4. The van der Waals surface area contributed by atoms with Crippen LogP contribution in [0.25, 0.3) is 0 Å². The second-order valence-corrected chi connectivity index (χ2v) is 7.66. The summed E-state index contributed by atoms with van der Waals surface area (Å²) in [5.41, 5.74) is 2.71. The Hall–Kier alpha value is -2.34. The van der Waals surface area contributed by atoms with Gasteiger partial charge in [0.15, 0.2) is 5.78 Å². The van der Waals surface area contributed by atoms with Crippen LogP contribution in [0.15, 0.2) is 40.5 Å². The van der Waals surface area contributed by atoms with E-state index in [-0.39, 0.29) is 24.3 Å². The largest absolute Gasteiger partial charge is 0.462 e. The van der Waals surface area contributed by atoms with Crippen LogP contribution in [0.1, 0.15) is 50.5 Å².